The number of allylic oxidation sites excluding steroid dienone is 1. The van der Waals surface area contributed by atoms with Crippen LogP contribution in [0.25, 0.3) is 5.57 Å². The molecular formula is C13H16F2OS. The topological polar surface area (TPSA) is 17.1 Å². The summed E-state index contributed by atoms with van der Waals surface area (Å²) in [6, 6.07) is 6.66. The third-order valence-electron chi connectivity index (χ3n) is 2.53. The minimum absolute atomic E-state index is 0.0256. The molecule has 0 aliphatic heterocycles. The summed E-state index contributed by atoms with van der Waals surface area (Å²) < 4.78 is 37.4. The highest BCUT2D eigenvalue weighted by molar-refractivity contribution is 7.84. The lowest BCUT2D eigenvalue weighted by Crippen LogP contribution is -1.96. The molecular weight excluding hydrogens is 242 g/mol. The van der Waals surface area contributed by atoms with Gasteiger partial charge in [0.25, 0.3) is 6.08 Å². The third kappa shape index (κ3) is 3.73. The van der Waals surface area contributed by atoms with Crippen molar-refractivity contribution in [3.8, 4) is 0 Å². The van der Waals surface area contributed by atoms with E-state index >= 15 is 0 Å². The highest BCUT2D eigenvalue weighted by atomic mass is 32.2. The van der Waals surface area contributed by atoms with Crippen LogP contribution in [0.2, 0.25) is 0 Å². The van der Waals surface area contributed by atoms with Gasteiger partial charge >= 0.3 is 0 Å². The van der Waals surface area contributed by atoms with E-state index in [2.05, 4.69) is 0 Å². The summed E-state index contributed by atoms with van der Waals surface area (Å²) in [5, 5.41) is 0. The minimum atomic E-state index is -1.67. The van der Waals surface area contributed by atoms with Crippen LogP contribution in [0.3, 0.4) is 0 Å². The molecule has 0 aromatic heterocycles. The molecule has 0 amide bonds. The van der Waals surface area contributed by atoms with E-state index in [0.717, 1.165) is 6.42 Å². The van der Waals surface area contributed by atoms with Gasteiger partial charge in [-0.3, -0.25) is 4.21 Å². The molecule has 0 aliphatic rings. The van der Waals surface area contributed by atoms with Crippen molar-refractivity contribution in [3.63, 3.8) is 0 Å². The molecule has 0 heterocycles. The summed E-state index contributed by atoms with van der Waals surface area (Å²) in [5.74, 6) is 0. The normalized spacial score (nSPS) is 12.2. The molecule has 0 fully saturated rings. The van der Waals surface area contributed by atoms with Crippen LogP contribution >= 0.6 is 0 Å². The maximum absolute atomic E-state index is 12.9. The largest absolute Gasteiger partial charge is 0.274 e. The zero-order valence-corrected chi connectivity index (χ0v) is 10.8. The van der Waals surface area contributed by atoms with Gasteiger partial charge in [-0.2, -0.15) is 8.78 Å². The molecule has 0 radical (unpaired) electrons. The highest BCUT2D eigenvalue weighted by Crippen LogP contribution is 2.30. The molecule has 0 saturated carbocycles. The summed E-state index contributed by atoms with van der Waals surface area (Å²) in [6.07, 6.45) is 1.72. The van der Waals surface area contributed by atoms with Crippen molar-refractivity contribution in [1.29, 1.82) is 0 Å². The number of hydrogen-bond donors (Lipinski definition) is 0. The molecule has 0 aliphatic carbocycles. The molecule has 17 heavy (non-hydrogen) atoms. The fraction of sp³-hybridized carbons (Fsp3) is 0.385. The van der Waals surface area contributed by atoms with Crippen LogP contribution in [-0.4, -0.2) is 10.5 Å². The summed E-state index contributed by atoms with van der Waals surface area (Å²) in [7, 11) is -1.25. The molecule has 94 valence electrons. The van der Waals surface area contributed by atoms with Crippen molar-refractivity contribution in [2.75, 3.05) is 6.26 Å². The summed E-state index contributed by atoms with van der Waals surface area (Å²) in [6.45, 7) is 1.96. The molecule has 1 unspecified atom stereocenters. The predicted molar refractivity (Wildman–Crippen MR) is 67.4 cm³/mol. The molecule has 0 spiro atoms. The Morgan fingerprint density at radius 3 is 2.47 bits per heavy atom. The monoisotopic (exact) mass is 258 g/mol. The Labute approximate surface area is 103 Å². The maximum atomic E-state index is 12.9. The molecule has 1 rings (SSSR count). The van der Waals surface area contributed by atoms with Gasteiger partial charge in [0.05, 0.1) is 10.8 Å². The van der Waals surface area contributed by atoms with Gasteiger partial charge < -0.3 is 0 Å². The van der Waals surface area contributed by atoms with E-state index < -0.39 is 16.9 Å². The van der Waals surface area contributed by atoms with Crippen LogP contribution in [0.15, 0.2) is 35.2 Å². The van der Waals surface area contributed by atoms with Crippen molar-refractivity contribution >= 4 is 16.4 Å². The van der Waals surface area contributed by atoms with Crippen LogP contribution in [0, 0.1) is 0 Å². The molecule has 1 nitrogen and oxygen atoms in total. The molecule has 0 bridgehead atoms. The standard InChI is InChI=1S/C13H16F2OS/c1-3-4-7-11(13(14)15)10-8-5-6-9-12(10)17(2)16/h5-6,8-9H,3-4,7H2,1-2H3. The fourth-order valence-corrected chi connectivity index (χ4v) is 2.42. The van der Waals surface area contributed by atoms with Crippen LogP contribution < -0.4 is 0 Å². The zero-order valence-electron chi connectivity index (χ0n) is 10.0. The van der Waals surface area contributed by atoms with Crippen molar-refractivity contribution in [2.45, 2.75) is 31.1 Å². The molecule has 4 heteroatoms. The van der Waals surface area contributed by atoms with E-state index in [1.165, 1.54) is 6.26 Å². The van der Waals surface area contributed by atoms with Crippen molar-refractivity contribution in [2.24, 2.45) is 0 Å². The minimum Gasteiger partial charge on any atom is -0.255 e. The SMILES string of the molecule is CCCCC(=C(F)F)c1ccccc1S(C)=O. The second kappa shape index (κ2) is 6.64. The summed E-state index contributed by atoms with van der Waals surface area (Å²) in [5.41, 5.74) is 0.444. The Morgan fingerprint density at radius 1 is 1.29 bits per heavy atom. The van der Waals surface area contributed by atoms with E-state index in [9.17, 15) is 13.0 Å². The van der Waals surface area contributed by atoms with Gasteiger partial charge in [-0.25, -0.2) is 0 Å². The summed E-state index contributed by atoms with van der Waals surface area (Å²) in [4.78, 5) is 0.478. The van der Waals surface area contributed by atoms with Gasteiger partial charge in [0, 0.05) is 16.7 Å². The lowest BCUT2D eigenvalue weighted by molar-refractivity contribution is 0.422. The molecule has 1 aromatic rings. The van der Waals surface area contributed by atoms with E-state index in [0.29, 0.717) is 23.3 Å². The number of unbranched alkanes of at least 4 members (excludes halogenated alkanes) is 1. The Kier molecular flexibility index (Phi) is 5.48. The number of hydrogen-bond acceptors (Lipinski definition) is 1. The van der Waals surface area contributed by atoms with Crippen molar-refractivity contribution in [1.82, 2.24) is 0 Å². The van der Waals surface area contributed by atoms with Crippen LogP contribution in [-0.2, 0) is 10.8 Å². The van der Waals surface area contributed by atoms with Gasteiger partial charge in [-0.15, -0.1) is 0 Å². The second-order valence-electron chi connectivity index (χ2n) is 3.79. The van der Waals surface area contributed by atoms with Crippen molar-refractivity contribution in [3.05, 3.63) is 35.9 Å². The number of halogens is 2. The Bertz CT molecular complexity index is 437. The fourth-order valence-electron chi connectivity index (χ4n) is 1.65. The smallest absolute Gasteiger partial charge is 0.255 e. The quantitative estimate of drug-likeness (QED) is 0.772. The highest BCUT2D eigenvalue weighted by Gasteiger charge is 2.14. The number of benzene rings is 1. The van der Waals surface area contributed by atoms with E-state index in [1.54, 1.807) is 24.3 Å². The summed E-state index contributed by atoms with van der Waals surface area (Å²) >= 11 is 0. The first kappa shape index (κ1) is 14.0. The third-order valence-corrected chi connectivity index (χ3v) is 3.51. The predicted octanol–water partition coefficient (Wildman–Crippen LogP) is 4.22. The van der Waals surface area contributed by atoms with Gasteiger partial charge in [0.15, 0.2) is 0 Å². The molecule has 1 aromatic carbocycles. The van der Waals surface area contributed by atoms with Gasteiger partial charge in [-0.1, -0.05) is 31.5 Å². The van der Waals surface area contributed by atoms with E-state index in [1.807, 2.05) is 6.92 Å². The average Bonchev–Trinajstić information content (AvgIpc) is 2.29. The van der Waals surface area contributed by atoms with Crippen LogP contribution in [0.1, 0.15) is 31.7 Å². The lowest BCUT2D eigenvalue weighted by Gasteiger charge is -2.10. The van der Waals surface area contributed by atoms with Crippen LogP contribution in [0.5, 0.6) is 0 Å². The number of rotatable bonds is 5. The Balaban J connectivity index is 3.20. The molecule has 1 atom stereocenters. The Hall–Kier alpha value is -1.03. The molecule has 0 N–H and O–H groups in total. The first-order valence-electron chi connectivity index (χ1n) is 5.55. The average molecular weight is 258 g/mol. The van der Waals surface area contributed by atoms with Gasteiger partial charge in [-0.05, 0) is 24.5 Å². The van der Waals surface area contributed by atoms with Gasteiger partial charge in [0.2, 0.25) is 0 Å². The van der Waals surface area contributed by atoms with Gasteiger partial charge in [0.1, 0.15) is 0 Å². The van der Waals surface area contributed by atoms with Crippen LogP contribution in [0.4, 0.5) is 8.78 Å². The first-order valence-corrected chi connectivity index (χ1v) is 7.10. The zero-order chi connectivity index (χ0) is 12.8. The lowest BCUT2D eigenvalue weighted by atomic mass is 10.0. The maximum Gasteiger partial charge on any atom is 0.274 e. The van der Waals surface area contributed by atoms with Crippen molar-refractivity contribution < 1.29 is 13.0 Å². The first-order chi connectivity index (χ1) is 8.07. The Morgan fingerprint density at radius 2 is 1.94 bits per heavy atom. The van der Waals surface area contributed by atoms with E-state index in [-0.39, 0.29) is 5.57 Å². The second-order valence-corrected chi connectivity index (χ2v) is 5.14. The molecule has 0 saturated heterocycles. The van der Waals surface area contributed by atoms with E-state index in [4.69, 9.17) is 0 Å².